The van der Waals surface area contributed by atoms with E-state index in [2.05, 4.69) is 215 Å². The van der Waals surface area contributed by atoms with Crippen LogP contribution in [0.15, 0.2) is 218 Å². The van der Waals surface area contributed by atoms with Gasteiger partial charge < -0.3 is 13.7 Å². The third-order valence-electron chi connectivity index (χ3n) is 13.0. The zero-order valence-corrected chi connectivity index (χ0v) is 35.0. The van der Waals surface area contributed by atoms with Crippen molar-refractivity contribution in [3.8, 4) is 51.0 Å². The maximum absolute atomic E-state index is 5.22. The largest absolute Gasteiger partial charge is 0.309 e. The Bertz CT molecular complexity index is 3670. The number of hydrogen-bond donors (Lipinski definition) is 0. The summed E-state index contributed by atoms with van der Waals surface area (Å²) in [6.45, 7) is 2.14. The number of fused-ring (bicyclic) bond motifs is 9. The minimum Gasteiger partial charge on any atom is -0.309 e. The van der Waals surface area contributed by atoms with Gasteiger partial charge in [-0.2, -0.15) is 0 Å². The first-order valence-electron chi connectivity index (χ1n) is 21.8. The van der Waals surface area contributed by atoms with E-state index in [4.69, 9.17) is 9.97 Å². The zero-order valence-electron chi connectivity index (χ0n) is 35.0. The van der Waals surface area contributed by atoms with Crippen LogP contribution >= 0.6 is 0 Å². The Morgan fingerprint density at radius 3 is 1.05 bits per heavy atom. The monoisotopic (exact) mass is 817 g/mol. The van der Waals surface area contributed by atoms with Crippen molar-refractivity contribution < 1.29 is 0 Å². The third kappa shape index (κ3) is 5.51. The van der Waals surface area contributed by atoms with Crippen LogP contribution in [0.3, 0.4) is 0 Å². The quantitative estimate of drug-likeness (QED) is 0.168. The van der Waals surface area contributed by atoms with Crippen LogP contribution < -0.4 is 0 Å². The lowest BCUT2D eigenvalue weighted by Gasteiger charge is -2.15. The molecule has 0 amide bonds. The van der Waals surface area contributed by atoms with Crippen LogP contribution in [0.25, 0.3) is 116 Å². The Morgan fingerprint density at radius 1 is 0.281 bits per heavy atom. The first kappa shape index (κ1) is 36.1. The van der Waals surface area contributed by atoms with Gasteiger partial charge in [-0.05, 0) is 79.7 Å². The van der Waals surface area contributed by atoms with Crippen molar-refractivity contribution >= 4 is 65.4 Å². The molecule has 0 saturated carbocycles. The van der Waals surface area contributed by atoms with Gasteiger partial charge in [-0.15, -0.1) is 0 Å². The van der Waals surface area contributed by atoms with Crippen molar-refractivity contribution in [1.82, 2.24) is 23.7 Å². The summed E-state index contributed by atoms with van der Waals surface area (Å²) >= 11 is 0. The van der Waals surface area contributed by atoms with Crippen molar-refractivity contribution in [3.63, 3.8) is 0 Å². The maximum Gasteiger partial charge on any atom is 0.160 e. The minimum atomic E-state index is 0.713. The molecule has 4 heterocycles. The van der Waals surface area contributed by atoms with E-state index in [0.29, 0.717) is 5.82 Å². The highest BCUT2D eigenvalue weighted by Crippen LogP contribution is 2.40. The third-order valence-corrected chi connectivity index (χ3v) is 13.0. The Labute approximate surface area is 369 Å². The number of rotatable bonds is 6. The molecule has 5 heteroatoms. The molecule has 0 bridgehead atoms. The second-order valence-corrected chi connectivity index (χ2v) is 16.6. The molecule has 5 nitrogen and oxygen atoms in total. The van der Waals surface area contributed by atoms with Crippen LogP contribution in [0.2, 0.25) is 0 Å². The molecule has 0 aliphatic rings. The highest BCUT2D eigenvalue weighted by Gasteiger charge is 2.20. The Hall–Kier alpha value is -8.54. The summed E-state index contributed by atoms with van der Waals surface area (Å²) in [5, 5.41) is 7.38. The van der Waals surface area contributed by atoms with Gasteiger partial charge in [0, 0.05) is 71.6 Å². The lowest BCUT2D eigenvalue weighted by molar-refractivity contribution is 1.14. The molecule has 0 saturated heterocycles. The van der Waals surface area contributed by atoms with Gasteiger partial charge >= 0.3 is 0 Å². The normalized spacial score (nSPS) is 11.8. The summed E-state index contributed by atoms with van der Waals surface area (Å²) in [5.74, 6) is 0.713. The molecule has 0 atom stereocenters. The number of aromatic nitrogens is 5. The first-order chi connectivity index (χ1) is 31.7. The number of hydrogen-bond acceptors (Lipinski definition) is 2. The molecule has 4 aromatic heterocycles. The van der Waals surface area contributed by atoms with Crippen LogP contribution in [-0.2, 0) is 0 Å². The van der Waals surface area contributed by atoms with E-state index in [1.165, 1.54) is 54.4 Å². The molecule has 300 valence electrons. The Balaban J connectivity index is 1.03. The Morgan fingerprint density at radius 2 is 0.609 bits per heavy atom. The average Bonchev–Trinajstić information content (AvgIpc) is 4.00. The summed E-state index contributed by atoms with van der Waals surface area (Å²) < 4.78 is 7.24. The van der Waals surface area contributed by atoms with E-state index in [9.17, 15) is 0 Å². The van der Waals surface area contributed by atoms with Crippen molar-refractivity contribution in [3.05, 3.63) is 224 Å². The average molecular weight is 818 g/mol. The van der Waals surface area contributed by atoms with Gasteiger partial charge in [0.05, 0.1) is 44.5 Å². The van der Waals surface area contributed by atoms with Gasteiger partial charge in [-0.1, -0.05) is 146 Å². The highest BCUT2D eigenvalue weighted by atomic mass is 15.0. The van der Waals surface area contributed by atoms with Crippen LogP contribution in [0, 0.1) is 6.92 Å². The second-order valence-electron chi connectivity index (χ2n) is 16.6. The van der Waals surface area contributed by atoms with Gasteiger partial charge in [0.2, 0.25) is 0 Å². The SMILES string of the molecule is Cc1c(-c2ccccc2)nc(-c2ccccc2)nc1-c1ccc(-n2c3ccc(-n4c5ccccc5c5ccccc54)cc3c3cc(-n4c5ccccc5c5ccccc54)ccc32)cc1. The zero-order chi connectivity index (χ0) is 42.3. The van der Waals surface area contributed by atoms with Gasteiger partial charge in [-0.3, -0.25) is 0 Å². The summed E-state index contributed by atoms with van der Waals surface area (Å²) in [6.07, 6.45) is 0. The molecular weight excluding hydrogens is 779 g/mol. The Kier molecular flexibility index (Phi) is 8.06. The van der Waals surface area contributed by atoms with Crippen LogP contribution in [0.4, 0.5) is 0 Å². The van der Waals surface area contributed by atoms with Crippen molar-refractivity contribution in [1.29, 1.82) is 0 Å². The highest BCUT2D eigenvalue weighted by molar-refractivity contribution is 6.14. The van der Waals surface area contributed by atoms with Crippen LogP contribution in [-0.4, -0.2) is 23.7 Å². The van der Waals surface area contributed by atoms with E-state index in [1.54, 1.807) is 0 Å². The molecular formula is C59H39N5. The van der Waals surface area contributed by atoms with Crippen molar-refractivity contribution in [2.75, 3.05) is 0 Å². The summed E-state index contributed by atoms with van der Waals surface area (Å²) in [4.78, 5) is 10.3. The van der Waals surface area contributed by atoms with E-state index >= 15 is 0 Å². The molecule has 0 spiro atoms. The standard InChI is InChI=1S/C59H39N5/c1-38-57(39-16-4-2-5-17-39)60-59(41-18-6-3-7-19-41)61-58(38)40-28-30-42(31-29-40)62-55-34-32-43(63-51-24-12-8-20-45(51)46-21-9-13-25-52(46)63)36-49(55)50-37-44(33-35-56(50)62)64-53-26-14-10-22-47(53)48-23-11-15-27-54(48)64/h2-37H,1H3. The summed E-state index contributed by atoms with van der Waals surface area (Å²) in [5.41, 5.74) is 16.4. The predicted molar refractivity (Wildman–Crippen MR) is 266 cm³/mol. The predicted octanol–water partition coefficient (Wildman–Crippen LogP) is 15.1. The summed E-state index contributed by atoms with van der Waals surface area (Å²) in [7, 11) is 0. The number of benzene rings is 9. The van der Waals surface area contributed by atoms with E-state index in [0.717, 1.165) is 61.7 Å². The molecule has 0 aliphatic carbocycles. The summed E-state index contributed by atoms with van der Waals surface area (Å²) in [6, 6.07) is 78.4. The minimum absolute atomic E-state index is 0.713. The van der Waals surface area contributed by atoms with Crippen LogP contribution in [0.1, 0.15) is 5.56 Å². The fraction of sp³-hybridized carbons (Fsp3) is 0.0169. The molecule has 0 unspecified atom stereocenters. The topological polar surface area (TPSA) is 40.6 Å². The van der Waals surface area contributed by atoms with Gasteiger partial charge in [0.15, 0.2) is 5.82 Å². The smallest absolute Gasteiger partial charge is 0.160 e. The van der Waals surface area contributed by atoms with E-state index in [1.807, 2.05) is 24.3 Å². The first-order valence-corrected chi connectivity index (χ1v) is 21.8. The number of nitrogens with zero attached hydrogens (tertiary/aromatic N) is 5. The fourth-order valence-electron chi connectivity index (χ4n) is 10.1. The molecule has 0 fully saturated rings. The maximum atomic E-state index is 5.22. The molecule has 13 aromatic rings. The molecule has 0 aliphatic heterocycles. The molecule has 13 rings (SSSR count). The van der Waals surface area contributed by atoms with E-state index in [-0.39, 0.29) is 0 Å². The van der Waals surface area contributed by atoms with Crippen LogP contribution in [0.5, 0.6) is 0 Å². The number of para-hydroxylation sites is 4. The molecule has 0 radical (unpaired) electrons. The lowest BCUT2D eigenvalue weighted by Crippen LogP contribution is -2.01. The van der Waals surface area contributed by atoms with Gasteiger partial charge in [-0.25, -0.2) is 9.97 Å². The van der Waals surface area contributed by atoms with Crippen molar-refractivity contribution in [2.45, 2.75) is 6.92 Å². The van der Waals surface area contributed by atoms with Gasteiger partial charge in [0.25, 0.3) is 0 Å². The lowest BCUT2D eigenvalue weighted by atomic mass is 10.0. The molecule has 64 heavy (non-hydrogen) atoms. The fourth-order valence-corrected chi connectivity index (χ4v) is 10.1. The van der Waals surface area contributed by atoms with Gasteiger partial charge in [0.1, 0.15) is 0 Å². The molecule has 0 N–H and O–H groups in total. The van der Waals surface area contributed by atoms with E-state index < -0.39 is 0 Å². The van der Waals surface area contributed by atoms with Crippen molar-refractivity contribution in [2.24, 2.45) is 0 Å². The molecule has 9 aromatic carbocycles. The second kappa shape index (κ2) is 14.3.